The van der Waals surface area contributed by atoms with Crippen molar-refractivity contribution < 1.29 is 34.4 Å². The Kier molecular flexibility index (Phi) is 10.2. The van der Waals surface area contributed by atoms with E-state index >= 15 is 0 Å². The number of aromatic nitrogens is 1. The quantitative estimate of drug-likeness (QED) is 0.0846. The number of benzene rings is 1. The molecule has 3 amide bonds. The molecular weight excluding hydrogens is 580 g/mol. The second kappa shape index (κ2) is 13.8. The molecule has 16 heteroatoms. The normalized spacial score (nSPS) is 16.1. The van der Waals surface area contributed by atoms with E-state index in [1.807, 2.05) is 0 Å². The highest BCUT2D eigenvalue weighted by Gasteiger charge is 2.30. The summed E-state index contributed by atoms with van der Waals surface area (Å²) < 4.78 is 5.62. The minimum Gasteiger partial charge on any atom is -0.494 e. The van der Waals surface area contributed by atoms with Crippen molar-refractivity contribution in [3.63, 3.8) is 0 Å². The fourth-order valence-electron chi connectivity index (χ4n) is 4.33. The van der Waals surface area contributed by atoms with Crippen LogP contribution in [-0.4, -0.2) is 93.9 Å². The number of amides is 3. The number of hydrogen-bond donors (Lipinski definition) is 8. The van der Waals surface area contributed by atoms with Crippen LogP contribution in [0.15, 0.2) is 41.2 Å². The van der Waals surface area contributed by atoms with Crippen molar-refractivity contribution in [3.05, 3.63) is 41.0 Å². The van der Waals surface area contributed by atoms with Crippen molar-refractivity contribution in [3.8, 4) is 16.3 Å². The molecule has 0 atom stereocenters. The molecule has 43 heavy (non-hydrogen) atoms. The van der Waals surface area contributed by atoms with Crippen LogP contribution in [0.5, 0.6) is 5.75 Å². The van der Waals surface area contributed by atoms with Crippen molar-refractivity contribution in [2.75, 3.05) is 38.6 Å². The van der Waals surface area contributed by atoms with Gasteiger partial charge in [0.25, 0.3) is 17.7 Å². The van der Waals surface area contributed by atoms with E-state index in [1.54, 1.807) is 18.2 Å². The number of hydrogen-bond acceptors (Lipinski definition) is 12. The van der Waals surface area contributed by atoms with E-state index in [4.69, 9.17) is 31.2 Å². The van der Waals surface area contributed by atoms with E-state index in [0.717, 1.165) is 37.0 Å². The summed E-state index contributed by atoms with van der Waals surface area (Å²) in [5, 5.41) is 43.4. The molecule has 1 aliphatic heterocycles. The van der Waals surface area contributed by atoms with Crippen LogP contribution in [0.4, 0.5) is 5.69 Å². The number of aliphatic imine (C=N–C) groups is 1. The Morgan fingerprint density at radius 3 is 2.63 bits per heavy atom. The highest BCUT2D eigenvalue weighted by atomic mass is 32.1. The Hall–Kier alpha value is -4.22. The zero-order chi connectivity index (χ0) is 31.1. The summed E-state index contributed by atoms with van der Waals surface area (Å²) >= 11 is 1.15. The van der Waals surface area contributed by atoms with E-state index in [-0.39, 0.29) is 34.8 Å². The van der Waals surface area contributed by atoms with Crippen molar-refractivity contribution >= 4 is 46.3 Å². The number of carbonyl (C=O) groups is 3. The van der Waals surface area contributed by atoms with Gasteiger partial charge in [0.1, 0.15) is 21.4 Å². The molecule has 2 fully saturated rings. The zero-order valence-corrected chi connectivity index (χ0v) is 24.2. The number of nitrogens with one attached hydrogen (secondary N) is 4. The number of methoxy groups -OCH3 is 1. The van der Waals surface area contributed by atoms with Gasteiger partial charge in [0.2, 0.25) is 0 Å². The number of nitrogens with zero attached hydrogens (tertiary/aromatic N) is 3. The minimum atomic E-state index is -3.59. The predicted molar refractivity (Wildman–Crippen MR) is 158 cm³/mol. The summed E-state index contributed by atoms with van der Waals surface area (Å²) in [4.78, 5) is 48.2. The number of likely N-dealkylation sites (tertiary alicyclic amines) is 1. The van der Waals surface area contributed by atoms with Crippen LogP contribution in [0.1, 0.15) is 35.4 Å². The fourth-order valence-corrected chi connectivity index (χ4v) is 5.18. The third kappa shape index (κ3) is 8.89. The number of nitrogens with two attached hydrogens (primary N) is 1. The fraction of sp³-hybridized carbons (Fsp3) is 0.407. The maximum atomic E-state index is 12.7. The molecule has 2 heterocycles. The van der Waals surface area contributed by atoms with Gasteiger partial charge in [-0.3, -0.25) is 25.1 Å². The molecule has 230 valence electrons. The minimum absolute atomic E-state index is 0.225. The maximum Gasteiger partial charge on any atom is 0.369 e. The number of rotatable bonds is 13. The Morgan fingerprint density at radius 2 is 1.98 bits per heavy atom. The summed E-state index contributed by atoms with van der Waals surface area (Å²) in [7, 11) is 1.40. The van der Waals surface area contributed by atoms with Crippen LogP contribution < -0.4 is 26.4 Å². The van der Waals surface area contributed by atoms with Gasteiger partial charge in [0.05, 0.1) is 30.3 Å². The Bertz CT molecular complexity index is 1440. The number of para-hydroxylation sites is 1. The van der Waals surface area contributed by atoms with Crippen LogP contribution in [0.2, 0.25) is 0 Å². The lowest BCUT2D eigenvalue weighted by Crippen LogP contribution is -2.51. The van der Waals surface area contributed by atoms with Gasteiger partial charge in [0, 0.05) is 25.1 Å². The molecule has 2 aliphatic rings. The Balaban J connectivity index is 1.57. The lowest BCUT2D eigenvalue weighted by Gasteiger charge is -2.19. The number of ether oxygens (including phenoxy) is 1. The van der Waals surface area contributed by atoms with E-state index in [9.17, 15) is 14.4 Å². The largest absolute Gasteiger partial charge is 0.494 e. The molecule has 4 rings (SSSR count). The molecule has 15 nitrogen and oxygen atoms in total. The molecule has 1 saturated carbocycles. The van der Waals surface area contributed by atoms with E-state index in [0.29, 0.717) is 34.8 Å². The van der Waals surface area contributed by atoms with Crippen LogP contribution in [0.3, 0.4) is 0 Å². The third-order valence-corrected chi connectivity index (χ3v) is 7.63. The summed E-state index contributed by atoms with van der Waals surface area (Å²) in [5.74, 6) is -2.37. The van der Waals surface area contributed by atoms with Crippen molar-refractivity contribution in [1.82, 2.24) is 20.5 Å². The van der Waals surface area contributed by atoms with Crippen molar-refractivity contribution in [2.45, 2.75) is 31.8 Å². The molecule has 2 aromatic rings. The standard InChI is InChI=1S/C27H34N8O7S/c1-42-22-16(26-31-14-19(43-26)24(37)30-9-12-35-10-2-3-11-35)5-4-6-17(22)32-18(21(29)25(38)34-27(39,40)41)13-20(28)33-23(36)15-7-8-15/h4-6,13-15,29,32,39-41H,2-3,7-12H2,1H3,(H,30,37)(H,34,38)(H2,28,33,36)/b18-13+,29-21?. The van der Waals surface area contributed by atoms with Crippen molar-refractivity contribution in [2.24, 2.45) is 16.6 Å². The number of thiazole rings is 1. The number of aliphatic hydroxyl groups is 3. The molecule has 9 N–H and O–H groups in total. The molecule has 1 saturated heterocycles. The molecule has 0 bridgehead atoms. The van der Waals surface area contributed by atoms with Crippen molar-refractivity contribution in [1.29, 1.82) is 5.41 Å². The van der Waals surface area contributed by atoms with Gasteiger partial charge < -0.3 is 41.3 Å². The highest BCUT2D eigenvalue weighted by molar-refractivity contribution is 7.17. The predicted octanol–water partition coefficient (Wildman–Crippen LogP) is -0.0419. The van der Waals surface area contributed by atoms with Gasteiger partial charge in [-0.1, -0.05) is 6.07 Å². The molecule has 1 aromatic carbocycles. The van der Waals surface area contributed by atoms with Crippen LogP contribution in [-0.2, 0) is 9.59 Å². The van der Waals surface area contributed by atoms with Crippen LogP contribution in [0.25, 0.3) is 10.6 Å². The van der Waals surface area contributed by atoms with E-state index < -0.39 is 23.6 Å². The second-order valence-corrected chi connectivity index (χ2v) is 11.0. The molecule has 1 aliphatic carbocycles. The SMILES string of the molecule is COc1c(N/C(=C/C(N)=NC(=O)C2CC2)C(=N)C(=O)NC(O)(O)O)cccc1-c1ncc(C(=O)NCCN2CCCC2)s1. The first-order valence-electron chi connectivity index (χ1n) is 13.5. The first-order chi connectivity index (χ1) is 20.4. The Morgan fingerprint density at radius 1 is 1.26 bits per heavy atom. The summed E-state index contributed by atoms with van der Waals surface area (Å²) in [6.45, 7) is 3.37. The number of carbonyl (C=O) groups excluding carboxylic acids is 3. The van der Waals surface area contributed by atoms with Gasteiger partial charge >= 0.3 is 6.10 Å². The highest BCUT2D eigenvalue weighted by Crippen LogP contribution is 2.39. The summed E-state index contributed by atoms with van der Waals surface area (Å²) in [5.41, 5.74) is 5.45. The molecule has 0 spiro atoms. The van der Waals surface area contributed by atoms with Gasteiger partial charge in [-0.25, -0.2) is 4.98 Å². The molecule has 0 radical (unpaired) electrons. The average molecular weight is 615 g/mol. The zero-order valence-electron chi connectivity index (χ0n) is 23.4. The summed E-state index contributed by atoms with van der Waals surface area (Å²) in [6, 6.07) is 4.92. The first-order valence-corrected chi connectivity index (χ1v) is 14.4. The lowest BCUT2D eigenvalue weighted by molar-refractivity contribution is -0.325. The van der Waals surface area contributed by atoms with Crippen LogP contribution >= 0.6 is 11.3 Å². The average Bonchev–Trinajstić information content (AvgIpc) is 3.45. The monoisotopic (exact) mass is 614 g/mol. The molecule has 1 aromatic heterocycles. The lowest BCUT2D eigenvalue weighted by atomic mass is 10.1. The molecular formula is C27H34N8O7S. The van der Waals surface area contributed by atoms with Gasteiger partial charge in [-0.2, -0.15) is 4.99 Å². The van der Waals surface area contributed by atoms with E-state index in [2.05, 4.69) is 25.5 Å². The van der Waals surface area contributed by atoms with Crippen LogP contribution in [0, 0.1) is 11.3 Å². The van der Waals surface area contributed by atoms with Gasteiger partial charge in [-0.05, 0) is 50.9 Å². The topological polar surface area (TPSA) is 236 Å². The third-order valence-electron chi connectivity index (χ3n) is 6.60. The molecule has 0 unspecified atom stereocenters. The number of amidine groups is 1. The second-order valence-electron chi connectivity index (χ2n) is 10.0. The van der Waals surface area contributed by atoms with E-state index in [1.165, 1.54) is 31.5 Å². The summed E-state index contributed by atoms with van der Waals surface area (Å²) in [6.07, 6.45) is 2.66. The Labute approximate surface area is 251 Å². The first kappa shape index (κ1) is 31.7. The van der Waals surface area contributed by atoms with Gasteiger partial charge in [0.15, 0.2) is 5.75 Å². The van der Waals surface area contributed by atoms with Gasteiger partial charge in [-0.15, -0.1) is 11.3 Å². The number of anilines is 1. The smallest absolute Gasteiger partial charge is 0.369 e. The maximum absolute atomic E-state index is 12.7.